The van der Waals surface area contributed by atoms with Gasteiger partial charge < -0.3 is 9.64 Å². The van der Waals surface area contributed by atoms with Gasteiger partial charge in [0.2, 0.25) is 5.72 Å². The standard InChI is InChI=1S/C18H16Cl2N2O/c1-17(2)11-6-4-5-7-13(11)22(3)18(17)10-21-16-14(23-18)9-8-12(19)15(16)20/h4-10H,1-3H3. The average molecular weight is 347 g/mol. The van der Waals surface area contributed by atoms with Gasteiger partial charge in [-0.2, -0.15) is 0 Å². The monoisotopic (exact) mass is 346 g/mol. The molecule has 118 valence electrons. The van der Waals surface area contributed by atoms with Gasteiger partial charge in [0.25, 0.3) is 0 Å². The molecule has 0 N–H and O–H groups in total. The number of para-hydroxylation sites is 1. The highest BCUT2D eigenvalue weighted by Gasteiger charge is 2.58. The van der Waals surface area contributed by atoms with Crippen molar-refractivity contribution in [3.05, 3.63) is 52.0 Å². The summed E-state index contributed by atoms with van der Waals surface area (Å²) < 4.78 is 6.46. The van der Waals surface area contributed by atoms with Crippen molar-refractivity contribution >= 4 is 40.8 Å². The Kier molecular flexibility index (Phi) is 3.00. The van der Waals surface area contributed by atoms with E-state index >= 15 is 0 Å². The molecule has 0 radical (unpaired) electrons. The van der Waals surface area contributed by atoms with Gasteiger partial charge in [-0.3, -0.25) is 0 Å². The van der Waals surface area contributed by atoms with Gasteiger partial charge in [-0.15, -0.1) is 0 Å². The lowest BCUT2D eigenvalue weighted by Crippen LogP contribution is -2.61. The smallest absolute Gasteiger partial charge is 0.228 e. The Morgan fingerprint density at radius 3 is 2.57 bits per heavy atom. The SMILES string of the molecule is CN1c2ccccc2C(C)(C)C12C=Nc1c(ccc(Cl)c1Cl)O2. The highest BCUT2D eigenvalue weighted by atomic mass is 35.5. The fourth-order valence-electron chi connectivity index (χ4n) is 3.60. The Morgan fingerprint density at radius 1 is 1.09 bits per heavy atom. The number of likely N-dealkylation sites (N-methyl/N-ethyl adjacent to an activating group) is 1. The largest absolute Gasteiger partial charge is 0.459 e. The van der Waals surface area contributed by atoms with Crippen molar-refractivity contribution in [2.24, 2.45) is 4.99 Å². The van der Waals surface area contributed by atoms with Crippen LogP contribution in [-0.4, -0.2) is 19.0 Å². The summed E-state index contributed by atoms with van der Waals surface area (Å²) in [6.45, 7) is 4.34. The number of hydrogen-bond acceptors (Lipinski definition) is 3. The molecule has 4 rings (SSSR count). The van der Waals surface area contributed by atoms with E-state index in [-0.39, 0.29) is 5.41 Å². The molecular formula is C18H16Cl2N2O. The summed E-state index contributed by atoms with van der Waals surface area (Å²) in [4.78, 5) is 6.75. The lowest BCUT2D eigenvalue weighted by Gasteiger charge is -2.44. The van der Waals surface area contributed by atoms with Gasteiger partial charge in [0.1, 0.15) is 11.4 Å². The quantitative estimate of drug-likeness (QED) is 0.653. The normalized spacial score (nSPS) is 23.6. The van der Waals surface area contributed by atoms with E-state index in [2.05, 4.69) is 41.9 Å². The van der Waals surface area contributed by atoms with Crippen molar-refractivity contribution in [2.75, 3.05) is 11.9 Å². The molecule has 0 saturated carbocycles. The fourth-order valence-corrected chi connectivity index (χ4v) is 3.96. The number of fused-ring (bicyclic) bond motifs is 2. The van der Waals surface area contributed by atoms with Crippen molar-refractivity contribution in [1.29, 1.82) is 0 Å². The van der Waals surface area contributed by atoms with Crippen LogP contribution in [0.4, 0.5) is 11.4 Å². The van der Waals surface area contributed by atoms with Crippen LogP contribution in [0.3, 0.4) is 0 Å². The van der Waals surface area contributed by atoms with Crippen LogP contribution >= 0.6 is 23.2 Å². The minimum atomic E-state index is -0.694. The summed E-state index contributed by atoms with van der Waals surface area (Å²) in [6.07, 6.45) is 1.84. The Bertz CT molecular complexity index is 847. The Morgan fingerprint density at radius 2 is 1.83 bits per heavy atom. The molecule has 0 aromatic heterocycles. The van der Waals surface area contributed by atoms with Crippen molar-refractivity contribution in [1.82, 2.24) is 0 Å². The first-order valence-corrected chi connectivity index (χ1v) is 8.20. The first-order valence-electron chi connectivity index (χ1n) is 7.44. The third kappa shape index (κ3) is 1.75. The number of rotatable bonds is 0. The number of anilines is 1. The average Bonchev–Trinajstić information content (AvgIpc) is 2.71. The molecule has 0 bridgehead atoms. The first-order chi connectivity index (χ1) is 10.9. The fraction of sp³-hybridized carbons (Fsp3) is 0.278. The predicted molar refractivity (Wildman–Crippen MR) is 95.8 cm³/mol. The Hall–Kier alpha value is -1.71. The number of benzene rings is 2. The molecule has 2 aromatic carbocycles. The van der Waals surface area contributed by atoms with Gasteiger partial charge in [0, 0.05) is 12.7 Å². The molecule has 1 unspecified atom stereocenters. The second kappa shape index (κ2) is 4.65. The van der Waals surface area contributed by atoms with Crippen LogP contribution in [0, 0.1) is 0 Å². The second-order valence-corrected chi connectivity index (χ2v) is 7.25. The molecular weight excluding hydrogens is 331 g/mol. The number of aliphatic imine (C=N–C) groups is 1. The van der Waals surface area contributed by atoms with Crippen molar-refractivity contribution < 1.29 is 4.74 Å². The highest BCUT2D eigenvalue weighted by Crippen LogP contribution is 2.54. The predicted octanol–water partition coefficient (Wildman–Crippen LogP) is 5.21. The van der Waals surface area contributed by atoms with Crippen LogP contribution in [-0.2, 0) is 5.41 Å². The van der Waals surface area contributed by atoms with Crippen molar-refractivity contribution in [3.63, 3.8) is 0 Å². The van der Waals surface area contributed by atoms with Crippen LogP contribution in [0.2, 0.25) is 10.0 Å². The van der Waals surface area contributed by atoms with Crippen LogP contribution in [0.15, 0.2) is 41.4 Å². The van der Waals surface area contributed by atoms with Gasteiger partial charge in [0.05, 0.1) is 21.7 Å². The second-order valence-electron chi connectivity index (χ2n) is 6.47. The van der Waals surface area contributed by atoms with Crippen LogP contribution in [0.5, 0.6) is 5.75 Å². The maximum absolute atomic E-state index is 6.46. The van der Waals surface area contributed by atoms with Crippen LogP contribution in [0.25, 0.3) is 0 Å². The minimum absolute atomic E-state index is 0.272. The minimum Gasteiger partial charge on any atom is -0.459 e. The maximum Gasteiger partial charge on any atom is 0.228 e. The molecule has 5 heteroatoms. The van der Waals surface area contributed by atoms with Gasteiger partial charge in [-0.1, -0.05) is 41.4 Å². The van der Waals surface area contributed by atoms with E-state index in [4.69, 9.17) is 27.9 Å². The zero-order valence-corrected chi connectivity index (χ0v) is 14.6. The molecule has 3 nitrogen and oxygen atoms in total. The molecule has 0 amide bonds. The lowest BCUT2D eigenvalue weighted by molar-refractivity contribution is 0.0825. The number of nitrogens with zero attached hydrogens (tertiary/aromatic N) is 2. The van der Waals surface area contributed by atoms with Crippen molar-refractivity contribution in [3.8, 4) is 5.75 Å². The zero-order valence-electron chi connectivity index (χ0n) is 13.1. The van der Waals surface area contributed by atoms with E-state index in [0.29, 0.717) is 21.5 Å². The molecule has 2 aliphatic rings. The van der Waals surface area contributed by atoms with E-state index < -0.39 is 5.72 Å². The summed E-state index contributed by atoms with van der Waals surface area (Å²) in [5, 5.41) is 0.899. The number of ether oxygens (including phenoxy) is 1. The Labute approximate surface area is 145 Å². The van der Waals surface area contributed by atoms with E-state index in [1.165, 1.54) is 5.56 Å². The third-order valence-electron chi connectivity index (χ3n) is 5.00. The van der Waals surface area contributed by atoms with Gasteiger partial charge in [-0.25, -0.2) is 4.99 Å². The van der Waals surface area contributed by atoms with E-state index in [1.54, 1.807) is 6.07 Å². The van der Waals surface area contributed by atoms with Gasteiger partial charge in [0.15, 0.2) is 0 Å². The molecule has 2 aromatic rings. The molecule has 2 heterocycles. The summed E-state index contributed by atoms with van der Waals surface area (Å²) in [7, 11) is 2.03. The number of hydrogen-bond donors (Lipinski definition) is 0. The summed E-state index contributed by atoms with van der Waals surface area (Å²) >= 11 is 12.3. The van der Waals surface area contributed by atoms with E-state index in [9.17, 15) is 0 Å². The summed E-state index contributed by atoms with van der Waals surface area (Å²) in [5.74, 6) is 0.648. The highest BCUT2D eigenvalue weighted by molar-refractivity contribution is 6.43. The van der Waals surface area contributed by atoms with Gasteiger partial charge in [-0.05, 0) is 37.6 Å². The molecule has 1 atom stereocenters. The molecule has 2 aliphatic heterocycles. The van der Waals surface area contributed by atoms with E-state index in [0.717, 1.165) is 5.69 Å². The molecule has 1 spiro atoms. The molecule has 0 aliphatic carbocycles. The van der Waals surface area contributed by atoms with Crippen LogP contribution < -0.4 is 9.64 Å². The topological polar surface area (TPSA) is 24.8 Å². The summed E-state index contributed by atoms with van der Waals surface area (Å²) in [5.41, 5.74) is 2.00. The summed E-state index contributed by atoms with van der Waals surface area (Å²) in [6, 6.07) is 11.9. The van der Waals surface area contributed by atoms with Crippen LogP contribution in [0.1, 0.15) is 19.4 Å². The third-order valence-corrected chi connectivity index (χ3v) is 5.79. The first kappa shape index (κ1) is 14.9. The molecule has 0 saturated heterocycles. The van der Waals surface area contributed by atoms with Gasteiger partial charge >= 0.3 is 0 Å². The molecule has 0 fully saturated rings. The Balaban J connectivity index is 1.91. The van der Waals surface area contributed by atoms with Crippen molar-refractivity contribution in [2.45, 2.75) is 25.0 Å². The lowest BCUT2D eigenvalue weighted by atomic mass is 9.77. The molecule has 23 heavy (non-hydrogen) atoms. The number of halogens is 2. The van der Waals surface area contributed by atoms with E-state index in [1.807, 2.05) is 25.4 Å². The maximum atomic E-state index is 6.46. The zero-order chi connectivity index (χ0) is 16.4.